The first-order valence-corrected chi connectivity index (χ1v) is 17.8. The molecule has 0 fully saturated rings. The van der Waals surface area contributed by atoms with Crippen molar-refractivity contribution in [3.8, 4) is 0 Å². The molecule has 3 aromatic rings. The van der Waals surface area contributed by atoms with Crippen LogP contribution in [-0.4, -0.2) is 30.8 Å². The molecule has 37 heavy (non-hydrogen) atoms. The number of unbranched alkanes of at least 4 members (excludes halogenated alkanes) is 4. The van der Waals surface area contributed by atoms with E-state index >= 15 is 0 Å². The summed E-state index contributed by atoms with van der Waals surface area (Å²) in [5.41, 5.74) is 4.14. The van der Waals surface area contributed by atoms with Crippen LogP contribution in [-0.2, 0) is 0 Å². The molecule has 0 aliphatic heterocycles. The molecule has 202 valence electrons. The standard InChI is InChI=1S/C19H18B.C16H36P/c1-20(17-11-5-2-6-12-17,18-13-7-3-8-14-18)19-15-9-4-10-16-19;1-5-9-13-17(14-10-6-2,15-11-7-3)16-12-8-4/h2-16H,1H3;5-16H2,1-4H3/q-1;+1. The van der Waals surface area contributed by atoms with Crippen molar-refractivity contribution in [3.63, 3.8) is 0 Å². The van der Waals surface area contributed by atoms with Gasteiger partial charge in [0.2, 0.25) is 0 Å². The number of hydrogen-bond acceptors (Lipinski definition) is 0. The molecule has 0 nitrogen and oxygen atoms in total. The molecule has 0 unspecified atom stereocenters. The Morgan fingerprint density at radius 2 is 0.676 bits per heavy atom. The molecule has 0 N–H and O–H groups in total. The highest BCUT2D eigenvalue weighted by Gasteiger charge is 2.34. The summed E-state index contributed by atoms with van der Waals surface area (Å²) in [6, 6.07) is 32.4. The zero-order chi connectivity index (χ0) is 26.8. The number of rotatable bonds is 15. The van der Waals surface area contributed by atoms with Crippen LogP contribution in [0.15, 0.2) is 91.0 Å². The summed E-state index contributed by atoms with van der Waals surface area (Å²) in [6.07, 6.45) is 17.0. The van der Waals surface area contributed by atoms with Gasteiger partial charge >= 0.3 is 0 Å². The second-order valence-electron chi connectivity index (χ2n) is 11.2. The Labute approximate surface area is 230 Å². The first kappa shape index (κ1) is 31.4. The van der Waals surface area contributed by atoms with Crippen LogP contribution in [0.2, 0.25) is 6.82 Å². The van der Waals surface area contributed by atoms with Crippen molar-refractivity contribution in [2.45, 2.75) is 85.9 Å². The van der Waals surface area contributed by atoms with Gasteiger partial charge in [0, 0.05) is 7.26 Å². The van der Waals surface area contributed by atoms with Crippen LogP contribution in [0.4, 0.5) is 0 Å². The first-order valence-electron chi connectivity index (χ1n) is 15.3. The van der Waals surface area contributed by atoms with E-state index in [1.165, 1.54) is 67.8 Å². The quantitative estimate of drug-likeness (QED) is 0.140. The highest BCUT2D eigenvalue weighted by Crippen LogP contribution is 2.61. The fraction of sp³-hybridized carbons (Fsp3) is 0.486. The molecule has 0 atom stereocenters. The summed E-state index contributed by atoms with van der Waals surface area (Å²) in [6.45, 7) is 11.8. The molecule has 0 heterocycles. The molecule has 0 aliphatic rings. The summed E-state index contributed by atoms with van der Waals surface area (Å²) in [5, 5.41) is 0. The van der Waals surface area contributed by atoms with Gasteiger partial charge in [0.25, 0.3) is 0 Å². The fourth-order valence-electron chi connectivity index (χ4n) is 5.74. The molecule has 0 aromatic heterocycles. The maximum Gasteiger partial charge on any atom is 0.0787 e. The highest BCUT2D eigenvalue weighted by atomic mass is 31.2. The smallest absolute Gasteiger partial charge is 0.0787 e. The van der Waals surface area contributed by atoms with E-state index in [0.29, 0.717) is 0 Å². The van der Waals surface area contributed by atoms with Crippen LogP contribution in [0.3, 0.4) is 0 Å². The molecule has 3 aromatic carbocycles. The Balaban J connectivity index is 0.000000265. The maximum absolute atomic E-state index is 2.36. The lowest BCUT2D eigenvalue weighted by atomic mass is 9.17. The molecule has 0 saturated heterocycles. The van der Waals surface area contributed by atoms with E-state index in [9.17, 15) is 0 Å². The molecule has 0 bridgehead atoms. The molecular weight excluding hydrogens is 462 g/mol. The predicted octanol–water partition coefficient (Wildman–Crippen LogP) is 8.99. The fourth-order valence-corrected chi connectivity index (χ4v) is 11.0. The second kappa shape index (κ2) is 17.6. The van der Waals surface area contributed by atoms with Gasteiger partial charge in [-0.2, -0.15) is 6.82 Å². The molecule has 0 radical (unpaired) electrons. The molecule has 2 heteroatoms. The van der Waals surface area contributed by atoms with E-state index in [1.54, 1.807) is 24.6 Å². The van der Waals surface area contributed by atoms with E-state index in [4.69, 9.17) is 0 Å². The Morgan fingerprint density at radius 3 is 0.892 bits per heavy atom. The van der Waals surface area contributed by atoms with Gasteiger partial charge in [-0.15, -0.1) is 0 Å². The van der Waals surface area contributed by atoms with Crippen LogP contribution in [0.1, 0.15) is 79.1 Å². The summed E-state index contributed by atoms with van der Waals surface area (Å²) >= 11 is 0. The van der Waals surface area contributed by atoms with Gasteiger partial charge in [-0.1, -0.05) is 144 Å². The van der Waals surface area contributed by atoms with E-state index in [2.05, 4.69) is 126 Å². The van der Waals surface area contributed by atoms with E-state index < -0.39 is 13.4 Å². The molecule has 0 amide bonds. The maximum atomic E-state index is 2.36. The van der Waals surface area contributed by atoms with Crippen LogP contribution in [0.25, 0.3) is 0 Å². The Morgan fingerprint density at radius 1 is 0.432 bits per heavy atom. The monoisotopic (exact) mass is 516 g/mol. The van der Waals surface area contributed by atoms with E-state index in [1.807, 2.05) is 0 Å². The number of benzene rings is 3. The van der Waals surface area contributed by atoms with Crippen LogP contribution < -0.4 is 16.4 Å². The van der Waals surface area contributed by atoms with Crippen molar-refractivity contribution in [3.05, 3.63) is 91.0 Å². The van der Waals surface area contributed by atoms with Crippen molar-refractivity contribution in [1.29, 1.82) is 0 Å². The van der Waals surface area contributed by atoms with Crippen LogP contribution in [0.5, 0.6) is 0 Å². The van der Waals surface area contributed by atoms with Crippen molar-refractivity contribution in [2.75, 3.05) is 24.6 Å². The first-order chi connectivity index (χ1) is 18.1. The van der Waals surface area contributed by atoms with Crippen molar-refractivity contribution in [2.24, 2.45) is 0 Å². The molecule has 0 spiro atoms. The Kier molecular flexibility index (Phi) is 14.9. The van der Waals surface area contributed by atoms with Crippen LogP contribution in [0, 0.1) is 0 Å². The van der Waals surface area contributed by atoms with Gasteiger partial charge in [0.15, 0.2) is 0 Å². The molecule has 0 saturated carbocycles. The normalized spacial score (nSPS) is 11.6. The summed E-state index contributed by atoms with van der Waals surface area (Å²) in [7, 11) is -0.562. The summed E-state index contributed by atoms with van der Waals surface area (Å²) in [4.78, 5) is 0. The zero-order valence-electron chi connectivity index (χ0n) is 24.7. The third-order valence-corrected chi connectivity index (χ3v) is 13.4. The van der Waals surface area contributed by atoms with E-state index in [-0.39, 0.29) is 0 Å². The summed E-state index contributed by atoms with van der Waals surface area (Å²) < 4.78 is 0. The van der Waals surface area contributed by atoms with Gasteiger partial charge in [-0.3, -0.25) is 0 Å². The minimum absolute atomic E-state index is 0.562. The van der Waals surface area contributed by atoms with Gasteiger partial charge in [-0.05, 0) is 25.7 Å². The Bertz CT molecular complexity index is 805. The van der Waals surface area contributed by atoms with Gasteiger partial charge in [0.05, 0.1) is 30.8 Å². The van der Waals surface area contributed by atoms with Crippen molar-refractivity contribution in [1.82, 2.24) is 0 Å². The second-order valence-corrected chi connectivity index (χ2v) is 15.7. The average Bonchev–Trinajstić information content (AvgIpc) is 2.97. The molecule has 3 rings (SSSR count). The largest absolute Gasteiger partial charge is 0.200 e. The lowest BCUT2D eigenvalue weighted by molar-refractivity contribution is 0.814. The highest BCUT2D eigenvalue weighted by molar-refractivity contribution is 7.75. The Hall–Kier alpha value is -1.85. The molecule has 0 aliphatic carbocycles. The minimum atomic E-state index is -0.912. The number of hydrogen-bond donors (Lipinski definition) is 0. The molecular formula is C35H54BP. The third-order valence-electron chi connectivity index (χ3n) is 8.34. The average molecular weight is 517 g/mol. The topological polar surface area (TPSA) is 0 Å². The lowest BCUT2D eigenvalue weighted by Gasteiger charge is -2.39. The predicted molar refractivity (Wildman–Crippen MR) is 176 cm³/mol. The SMILES string of the molecule is CCCC[P+](CCCC)(CCCC)CCCC.C[B-](c1ccccc1)(c1ccccc1)c1ccccc1. The zero-order valence-corrected chi connectivity index (χ0v) is 25.6. The van der Waals surface area contributed by atoms with E-state index in [0.717, 1.165) is 0 Å². The third kappa shape index (κ3) is 9.76. The van der Waals surface area contributed by atoms with Crippen LogP contribution >= 0.6 is 7.26 Å². The lowest BCUT2D eigenvalue weighted by Crippen LogP contribution is -2.64. The van der Waals surface area contributed by atoms with Gasteiger partial charge < -0.3 is 0 Å². The van der Waals surface area contributed by atoms with Crippen molar-refractivity contribution >= 4 is 29.8 Å². The summed E-state index contributed by atoms with van der Waals surface area (Å²) in [5.74, 6) is 0. The van der Waals surface area contributed by atoms with Gasteiger partial charge in [0.1, 0.15) is 0 Å². The van der Waals surface area contributed by atoms with Crippen molar-refractivity contribution < 1.29 is 0 Å². The van der Waals surface area contributed by atoms with Gasteiger partial charge in [-0.25, -0.2) is 16.4 Å². The minimum Gasteiger partial charge on any atom is -0.200 e.